The van der Waals surface area contributed by atoms with Crippen LogP contribution in [0.5, 0.6) is 11.5 Å². The summed E-state index contributed by atoms with van der Waals surface area (Å²) in [4.78, 5) is 14.4. The maximum absolute atomic E-state index is 12.7. The minimum atomic E-state index is -0.676. The van der Waals surface area contributed by atoms with Crippen molar-refractivity contribution in [3.63, 3.8) is 0 Å². The van der Waals surface area contributed by atoms with E-state index in [9.17, 15) is 4.79 Å². The topological polar surface area (TPSA) is 57.2 Å². The van der Waals surface area contributed by atoms with Crippen LogP contribution < -0.4 is 9.47 Å². The number of aryl methyl sites for hydroxylation is 1. The Morgan fingerprint density at radius 3 is 2.46 bits per heavy atom. The van der Waals surface area contributed by atoms with Gasteiger partial charge in [0, 0.05) is 0 Å². The molecule has 0 spiro atoms. The van der Waals surface area contributed by atoms with E-state index < -0.39 is 11.3 Å². The van der Waals surface area contributed by atoms with E-state index in [0.717, 1.165) is 18.4 Å². The Labute approximate surface area is 156 Å². The van der Waals surface area contributed by atoms with E-state index in [4.69, 9.17) is 18.9 Å². The molecule has 0 saturated carbocycles. The van der Waals surface area contributed by atoms with Gasteiger partial charge in [-0.1, -0.05) is 6.07 Å². The normalized spacial score (nSPS) is 19.3. The number of ether oxygens (including phenoxy) is 4. The van der Waals surface area contributed by atoms with Gasteiger partial charge in [-0.15, -0.1) is 0 Å². The molecule has 1 atom stereocenters. The third-order valence-corrected chi connectivity index (χ3v) is 4.38. The van der Waals surface area contributed by atoms with Gasteiger partial charge in [0.25, 0.3) is 0 Å². The molecule has 1 heterocycles. The van der Waals surface area contributed by atoms with Crippen LogP contribution in [0.3, 0.4) is 0 Å². The number of methoxy groups -OCH3 is 2. The van der Waals surface area contributed by atoms with Gasteiger partial charge in [0.05, 0.1) is 26.9 Å². The molecule has 0 aliphatic carbocycles. The van der Waals surface area contributed by atoms with Crippen molar-refractivity contribution in [2.24, 2.45) is 0 Å². The van der Waals surface area contributed by atoms with Crippen LogP contribution in [0.2, 0.25) is 0 Å². The van der Waals surface area contributed by atoms with Gasteiger partial charge >= 0.3 is 6.09 Å². The molecule has 0 N–H and O–H groups in total. The average Bonchev–Trinajstić information content (AvgIpc) is 2.85. The second kappa shape index (κ2) is 7.74. The highest BCUT2D eigenvalue weighted by Crippen LogP contribution is 2.33. The Morgan fingerprint density at radius 2 is 1.88 bits per heavy atom. The number of carbonyl (C=O) groups is 1. The monoisotopic (exact) mass is 365 g/mol. The predicted octanol–water partition coefficient (Wildman–Crippen LogP) is 4.01. The van der Waals surface area contributed by atoms with Crippen LogP contribution in [0.25, 0.3) is 0 Å². The maximum atomic E-state index is 12.7. The van der Waals surface area contributed by atoms with E-state index in [0.29, 0.717) is 18.1 Å². The number of nitrogens with zero attached hydrogens (tertiary/aromatic N) is 1. The molecule has 6 nitrogen and oxygen atoms in total. The van der Waals surface area contributed by atoms with Gasteiger partial charge < -0.3 is 18.9 Å². The van der Waals surface area contributed by atoms with Crippen molar-refractivity contribution in [3.8, 4) is 11.5 Å². The fourth-order valence-electron chi connectivity index (χ4n) is 3.15. The third kappa shape index (κ3) is 4.81. The van der Waals surface area contributed by atoms with Crippen molar-refractivity contribution in [2.75, 3.05) is 20.8 Å². The largest absolute Gasteiger partial charge is 0.493 e. The summed E-state index contributed by atoms with van der Waals surface area (Å²) < 4.78 is 22.1. The molecule has 0 aromatic heterocycles. The number of rotatable bonds is 5. The molecule has 146 valence electrons. The van der Waals surface area contributed by atoms with Crippen LogP contribution >= 0.6 is 0 Å². The Morgan fingerprint density at radius 1 is 1.23 bits per heavy atom. The molecular weight excluding hydrogens is 334 g/mol. The van der Waals surface area contributed by atoms with Crippen molar-refractivity contribution < 1.29 is 23.7 Å². The van der Waals surface area contributed by atoms with Crippen LogP contribution in [0.1, 0.15) is 46.6 Å². The first-order chi connectivity index (χ1) is 12.1. The van der Waals surface area contributed by atoms with E-state index in [1.807, 2.05) is 52.8 Å². The number of carbonyl (C=O) groups excluding carboxylic acids is 1. The molecule has 1 fully saturated rings. The lowest BCUT2D eigenvalue weighted by atomic mass is 10.0. The molecule has 1 aliphatic rings. The third-order valence-electron chi connectivity index (χ3n) is 4.38. The molecule has 6 heteroatoms. The van der Waals surface area contributed by atoms with E-state index in [1.54, 1.807) is 19.1 Å². The maximum Gasteiger partial charge on any atom is 0.412 e. The highest BCUT2D eigenvalue weighted by Gasteiger charge is 2.45. The molecule has 0 bridgehead atoms. The van der Waals surface area contributed by atoms with Crippen molar-refractivity contribution >= 4 is 6.09 Å². The molecule has 1 saturated heterocycles. The lowest BCUT2D eigenvalue weighted by molar-refractivity contribution is -0.0626. The predicted molar refractivity (Wildman–Crippen MR) is 99.8 cm³/mol. The summed E-state index contributed by atoms with van der Waals surface area (Å²) in [7, 11) is 3.24. The summed E-state index contributed by atoms with van der Waals surface area (Å²) in [5.41, 5.74) is -0.0923. The first-order valence-electron chi connectivity index (χ1n) is 8.94. The summed E-state index contributed by atoms with van der Waals surface area (Å²) in [6, 6.07) is 5.85. The number of benzene rings is 1. The Bertz CT molecular complexity index is 636. The summed E-state index contributed by atoms with van der Waals surface area (Å²) in [5.74, 6) is 1.41. The number of hydrogen-bond acceptors (Lipinski definition) is 5. The molecule has 1 aromatic carbocycles. The molecule has 1 aliphatic heterocycles. The van der Waals surface area contributed by atoms with E-state index in [-0.39, 0.29) is 12.1 Å². The van der Waals surface area contributed by atoms with Crippen molar-refractivity contribution in [3.05, 3.63) is 23.8 Å². The fourth-order valence-corrected chi connectivity index (χ4v) is 3.15. The first-order valence-corrected chi connectivity index (χ1v) is 8.94. The van der Waals surface area contributed by atoms with Crippen LogP contribution in [-0.4, -0.2) is 49.2 Å². The number of hydrogen-bond donors (Lipinski definition) is 0. The van der Waals surface area contributed by atoms with Gasteiger partial charge in [-0.3, -0.25) is 4.90 Å². The Balaban J connectivity index is 2.09. The summed E-state index contributed by atoms with van der Waals surface area (Å²) in [6.45, 7) is 9.90. The standard InChI is InChI=1S/C20H31NO5/c1-19(2,3)26-18(22)21-15(13-25-20(21,4)5)10-8-14-9-11-16(23-6)17(12-14)24-7/h9,11-12,15H,8,10,13H2,1-7H3/t15-/m0/s1. The van der Waals surface area contributed by atoms with Crippen LogP contribution in [0.15, 0.2) is 18.2 Å². The SMILES string of the molecule is COc1ccc(CC[C@H]2COC(C)(C)N2C(=O)OC(C)(C)C)cc1OC. The van der Waals surface area contributed by atoms with Gasteiger partial charge in [-0.05, 0) is 65.2 Å². The lowest BCUT2D eigenvalue weighted by Crippen LogP contribution is -2.49. The fraction of sp³-hybridized carbons (Fsp3) is 0.650. The van der Waals surface area contributed by atoms with Gasteiger partial charge in [0.1, 0.15) is 11.3 Å². The van der Waals surface area contributed by atoms with Gasteiger partial charge in [0.2, 0.25) is 0 Å². The smallest absolute Gasteiger partial charge is 0.412 e. The zero-order valence-corrected chi connectivity index (χ0v) is 16.9. The second-order valence-electron chi connectivity index (χ2n) is 7.99. The van der Waals surface area contributed by atoms with Crippen LogP contribution in [0.4, 0.5) is 4.79 Å². The Hall–Kier alpha value is -1.95. The highest BCUT2D eigenvalue weighted by molar-refractivity contribution is 5.69. The molecule has 0 unspecified atom stereocenters. The van der Waals surface area contributed by atoms with Crippen molar-refractivity contribution in [1.82, 2.24) is 4.90 Å². The number of amides is 1. The zero-order valence-electron chi connectivity index (χ0n) is 16.9. The summed E-state index contributed by atoms with van der Waals surface area (Å²) in [5, 5.41) is 0. The van der Waals surface area contributed by atoms with Crippen LogP contribution in [0, 0.1) is 0 Å². The second-order valence-corrected chi connectivity index (χ2v) is 7.99. The van der Waals surface area contributed by atoms with Crippen molar-refractivity contribution in [2.45, 2.75) is 64.8 Å². The minimum Gasteiger partial charge on any atom is -0.493 e. The summed E-state index contributed by atoms with van der Waals surface area (Å²) >= 11 is 0. The minimum absolute atomic E-state index is 0.0343. The molecular formula is C20H31NO5. The quantitative estimate of drug-likeness (QED) is 0.789. The summed E-state index contributed by atoms with van der Waals surface area (Å²) in [6.07, 6.45) is 1.24. The molecule has 2 rings (SSSR count). The zero-order chi connectivity index (χ0) is 19.5. The first kappa shape index (κ1) is 20.4. The van der Waals surface area contributed by atoms with Gasteiger partial charge in [0.15, 0.2) is 11.5 Å². The molecule has 1 amide bonds. The highest BCUT2D eigenvalue weighted by atomic mass is 16.6. The average molecular weight is 365 g/mol. The molecule has 1 aromatic rings. The Kier molecular flexibility index (Phi) is 6.06. The van der Waals surface area contributed by atoms with E-state index in [2.05, 4.69) is 0 Å². The lowest BCUT2D eigenvalue weighted by Gasteiger charge is -2.35. The van der Waals surface area contributed by atoms with E-state index >= 15 is 0 Å². The molecule has 26 heavy (non-hydrogen) atoms. The van der Waals surface area contributed by atoms with Gasteiger partial charge in [-0.25, -0.2) is 4.79 Å². The van der Waals surface area contributed by atoms with Crippen LogP contribution in [-0.2, 0) is 15.9 Å². The van der Waals surface area contributed by atoms with E-state index in [1.165, 1.54) is 0 Å². The van der Waals surface area contributed by atoms with Crippen molar-refractivity contribution in [1.29, 1.82) is 0 Å². The molecule has 0 radical (unpaired) electrons. The van der Waals surface area contributed by atoms with Gasteiger partial charge in [-0.2, -0.15) is 0 Å².